The molecule has 0 spiro atoms. The quantitative estimate of drug-likeness (QED) is 0.702. The lowest BCUT2D eigenvalue weighted by molar-refractivity contribution is 0.0977. The van der Waals surface area contributed by atoms with Crippen molar-refractivity contribution in [2.45, 2.75) is 0 Å². The van der Waals surface area contributed by atoms with E-state index in [1.165, 1.54) is 0 Å². The van der Waals surface area contributed by atoms with Gasteiger partial charge in [0.05, 0.1) is 0 Å². The number of carbonyl (C=O) groups excluding carboxylic acids is 1. The van der Waals surface area contributed by atoms with Crippen LogP contribution in [0.2, 0.25) is 10.0 Å². The summed E-state index contributed by atoms with van der Waals surface area (Å²) in [5.74, 6) is -0.304. The van der Waals surface area contributed by atoms with Crippen LogP contribution in [0.4, 0.5) is 5.69 Å². The van der Waals surface area contributed by atoms with Gasteiger partial charge in [-0.1, -0.05) is 45.2 Å². The Balaban J connectivity index is 2.03. The Morgan fingerprint density at radius 2 is 1.76 bits per heavy atom. The van der Waals surface area contributed by atoms with E-state index >= 15 is 0 Å². The molecule has 0 atom stereocenters. The molecule has 0 saturated carbocycles. The zero-order valence-electron chi connectivity index (χ0n) is 10.5. The molecule has 0 heterocycles. The topological polar surface area (TPSA) is 41.1 Å². The van der Waals surface area contributed by atoms with Gasteiger partial charge in [-0.2, -0.15) is 0 Å². The van der Waals surface area contributed by atoms with Crippen molar-refractivity contribution in [3.8, 4) is 0 Å². The lowest BCUT2D eigenvalue weighted by Crippen LogP contribution is -2.34. The molecule has 0 aromatic heterocycles. The summed E-state index contributed by atoms with van der Waals surface area (Å²) in [5.41, 5.74) is 1.10. The summed E-state index contributed by atoms with van der Waals surface area (Å²) in [7, 11) is 0. The van der Waals surface area contributed by atoms with Gasteiger partial charge in [-0.25, -0.2) is 0 Å². The number of rotatable bonds is 2. The van der Waals surface area contributed by atoms with E-state index in [1.54, 1.807) is 36.4 Å². The molecule has 0 aliphatic carbocycles. The second-order valence-electron chi connectivity index (χ2n) is 4.08. The Kier molecular flexibility index (Phi) is 5.58. The first-order chi connectivity index (χ1) is 9.94. The summed E-state index contributed by atoms with van der Waals surface area (Å²) < 4.78 is 0.815. The van der Waals surface area contributed by atoms with Crippen molar-refractivity contribution in [1.29, 1.82) is 0 Å². The fourth-order valence-electron chi connectivity index (χ4n) is 1.59. The fourth-order valence-corrected chi connectivity index (χ4v) is 2.73. The maximum Gasteiger partial charge on any atom is 0.257 e. The molecule has 0 bridgehead atoms. The average molecular weight is 404 g/mol. The van der Waals surface area contributed by atoms with E-state index in [4.69, 9.17) is 35.4 Å². The van der Waals surface area contributed by atoms with Crippen LogP contribution in [-0.2, 0) is 0 Å². The number of carbonyl (C=O) groups is 1. The first kappa shape index (κ1) is 16.2. The van der Waals surface area contributed by atoms with Crippen LogP contribution < -0.4 is 10.6 Å². The third-order valence-electron chi connectivity index (χ3n) is 2.43. The van der Waals surface area contributed by atoms with Crippen LogP contribution in [0.5, 0.6) is 0 Å². The highest BCUT2D eigenvalue weighted by molar-refractivity contribution is 9.10. The second kappa shape index (κ2) is 7.22. The van der Waals surface area contributed by atoms with Gasteiger partial charge in [0.2, 0.25) is 0 Å². The smallest absolute Gasteiger partial charge is 0.257 e. The first-order valence-electron chi connectivity index (χ1n) is 5.78. The minimum Gasteiger partial charge on any atom is -0.332 e. The van der Waals surface area contributed by atoms with E-state index in [2.05, 4.69) is 26.6 Å². The molecule has 2 aromatic rings. The van der Waals surface area contributed by atoms with Gasteiger partial charge in [0.1, 0.15) is 0 Å². The van der Waals surface area contributed by atoms with Crippen LogP contribution in [0.15, 0.2) is 46.9 Å². The minimum atomic E-state index is -0.304. The Hall–Kier alpha value is -1.14. The minimum absolute atomic E-state index is 0.165. The van der Waals surface area contributed by atoms with Crippen molar-refractivity contribution in [1.82, 2.24) is 5.32 Å². The van der Waals surface area contributed by atoms with Gasteiger partial charge in [-0.05, 0) is 48.6 Å². The normalized spacial score (nSPS) is 10.0. The Morgan fingerprint density at radius 1 is 1.10 bits per heavy atom. The molecule has 7 heteroatoms. The number of anilines is 1. The lowest BCUT2D eigenvalue weighted by Gasteiger charge is -2.10. The van der Waals surface area contributed by atoms with Crippen molar-refractivity contribution >= 4 is 68.1 Å². The molecule has 0 radical (unpaired) electrons. The highest BCUT2D eigenvalue weighted by atomic mass is 79.9. The van der Waals surface area contributed by atoms with Gasteiger partial charge >= 0.3 is 0 Å². The lowest BCUT2D eigenvalue weighted by atomic mass is 10.2. The molecule has 0 fully saturated rings. The average Bonchev–Trinajstić information content (AvgIpc) is 2.37. The van der Waals surface area contributed by atoms with Crippen LogP contribution in [0.25, 0.3) is 0 Å². The van der Waals surface area contributed by atoms with Gasteiger partial charge in [-0.15, -0.1) is 0 Å². The number of nitrogens with one attached hydrogen (secondary N) is 2. The third-order valence-corrected chi connectivity index (χ3v) is 3.57. The van der Waals surface area contributed by atoms with E-state index in [9.17, 15) is 4.79 Å². The van der Waals surface area contributed by atoms with Crippen molar-refractivity contribution in [2.24, 2.45) is 0 Å². The van der Waals surface area contributed by atoms with E-state index in [0.717, 1.165) is 4.47 Å². The molecule has 2 N–H and O–H groups in total. The molecule has 0 unspecified atom stereocenters. The predicted octanol–water partition coefficient (Wildman–Crippen LogP) is 4.88. The fraction of sp³-hybridized carbons (Fsp3) is 0. The number of hydrogen-bond donors (Lipinski definition) is 2. The molecule has 0 aliphatic rings. The van der Waals surface area contributed by atoms with Crippen molar-refractivity contribution < 1.29 is 4.79 Å². The SMILES string of the molecule is O=C(NC(=S)Nc1cc(Cl)cc(Cl)c1)c1cccc(Br)c1. The summed E-state index contributed by atoms with van der Waals surface area (Å²) in [4.78, 5) is 12.0. The monoisotopic (exact) mass is 402 g/mol. The van der Waals surface area contributed by atoms with E-state index in [0.29, 0.717) is 21.3 Å². The van der Waals surface area contributed by atoms with E-state index < -0.39 is 0 Å². The van der Waals surface area contributed by atoms with Crippen LogP contribution in [-0.4, -0.2) is 11.0 Å². The molecule has 21 heavy (non-hydrogen) atoms. The predicted molar refractivity (Wildman–Crippen MR) is 94.3 cm³/mol. The number of amides is 1. The molecule has 0 saturated heterocycles. The van der Waals surface area contributed by atoms with Crippen LogP contribution in [0.3, 0.4) is 0 Å². The summed E-state index contributed by atoms with van der Waals surface area (Å²) in [6.07, 6.45) is 0. The van der Waals surface area contributed by atoms with Crippen LogP contribution in [0, 0.1) is 0 Å². The number of hydrogen-bond acceptors (Lipinski definition) is 2. The van der Waals surface area contributed by atoms with Crippen molar-refractivity contribution in [3.05, 3.63) is 62.5 Å². The summed E-state index contributed by atoms with van der Waals surface area (Å²) in [6.45, 7) is 0. The number of halogens is 3. The largest absolute Gasteiger partial charge is 0.332 e. The van der Waals surface area contributed by atoms with Gasteiger partial charge in [0.25, 0.3) is 5.91 Å². The molecule has 2 aromatic carbocycles. The van der Waals surface area contributed by atoms with E-state index in [-0.39, 0.29) is 11.0 Å². The van der Waals surface area contributed by atoms with Gasteiger partial charge < -0.3 is 5.32 Å². The third kappa shape index (κ3) is 4.97. The molecule has 0 aliphatic heterocycles. The summed E-state index contributed by atoms with van der Waals surface area (Å²) in [5, 5.41) is 6.56. The van der Waals surface area contributed by atoms with Crippen LogP contribution >= 0.6 is 51.3 Å². The summed E-state index contributed by atoms with van der Waals surface area (Å²) in [6, 6.07) is 11.9. The maximum atomic E-state index is 12.0. The highest BCUT2D eigenvalue weighted by Crippen LogP contribution is 2.22. The van der Waals surface area contributed by atoms with Crippen molar-refractivity contribution in [2.75, 3.05) is 5.32 Å². The van der Waals surface area contributed by atoms with E-state index in [1.807, 2.05) is 6.07 Å². The van der Waals surface area contributed by atoms with Crippen LogP contribution in [0.1, 0.15) is 10.4 Å². The standard InChI is InChI=1S/C14H9BrCl2N2OS/c15-9-3-1-2-8(4-9)13(20)19-14(21)18-12-6-10(16)5-11(17)7-12/h1-7H,(H2,18,19,20,21). The molecular formula is C14H9BrCl2N2OS. The maximum absolute atomic E-state index is 12.0. The molecule has 3 nitrogen and oxygen atoms in total. The summed E-state index contributed by atoms with van der Waals surface area (Å²) >= 11 is 20.2. The molecule has 2 rings (SSSR count). The molecule has 108 valence electrons. The number of benzene rings is 2. The Bertz CT molecular complexity index is 689. The molecule has 1 amide bonds. The number of thiocarbonyl (C=S) groups is 1. The zero-order valence-corrected chi connectivity index (χ0v) is 14.4. The zero-order chi connectivity index (χ0) is 15.4. The van der Waals surface area contributed by atoms with Crippen molar-refractivity contribution in [3.63, 3.8) is 0 Å². The highest BCUT2D eigenvalue weighted by Gasteiger charge is 2.08. The van der Waals surface area contributed by atoms with Gasteiger partial charge in [0.15, 0.2) is 5.11 Å². The second-order valence-corrected chi connectivity index (χ2v) is 6.27. The molecular weight excluding hydrogens is 395 g/mol. The Labute approximate surface area is 145 Å². The van der Waals surface area contributed by atoms with Gasteiger partial charge in [0, 0.05) is 25.8 Å². The Morgan fingerprint density at radius 3 is 2.38 bits per heavy atom. The van der Waals surface area contributed by atoms with Gasteiger partial charge in [-0.3, -0.25) is 10.1 Å². The first-order valence-corrected chi connectivity index (χ1v) is 7.74.